The zero-order valence-electron chi connectivity index (χ0n) is 35.4. The van der Waals surface area contributed by atoms with E-state index in [1.54, 1.807) is 36.1 Å². The van der Waals surface area contributed by atoms with Crippen molar-refractivity contribution in [2.45, 2.75) is 94.5 Å². The number of anilines is 2. The number of morpholine rings is 1. The average Bonchev–Trinajstić information content (AvgIpc) is 4.13. The molecule has 0 radical (unpaired) electrons. The van der Waals surface area contributed by atoms with Crippen LogP contribution in [0.1, 0.15) is 97.9 Å². The molecule has 3 atom stereocenters. The summed E-state index contributed by atoms with van der Waals surface area (Å²) in [6.07, 6.45) is 7.67. The molecule has 3 aliphatic heterocycles. The van der Waals surface area contributed by atoms with E-state index in [1.165, 1.54) is 26.0 Å². The summed E-state index contributed by atoms with van der Waals surface area (Å²) < 4.78 is 46.2. The van der Waals surface area contributed by atoms with Gasteiger partial charge in [0.25, 0.3) is 12.3 Å². The van der Waals surface area contributed by atoms with Gasteiger partial charge in [0, 0.05) is 52.0 Å². The Morgan fingerprint density at radius 2 is 1.89 bits per heavy atom. The van der Waals surface area contributed by atoms with Gasteiger partial charge in [-0.15, -0.1) is 0 Å². The van der Waals surface area contributed by atoms with Crippen molar-refractivity contribution in [1.82, 2.24) is 38.4 Å². The number of hydrogen-bond donors (Lipinski definition) is 3. The topological polar surface area (TPSA) is 209 Å². The van der Waals surface area contributed by atoms with Gasteiger partial charge < -0.3 is 35.4 Å². The van der Waals surface area contributed by atoms with Crippen LogP contribution in [0.4, 0.5) is 20.3 Å². The number of aromatic nitrogens is 7. The van der Waals surface area contributed by atoms with Crippen LogP contribution in [0, 0.1) is 17.8 Å². The van der Waals surface area contributed by atoms with Crippen LogP contribution < -0.4 is 21.6 Å². The second kappa shape index (κ2) is 18.1. The summed E-state index contributed by atoms with van der Waals surface area (Å²) in [7, 11) is 1.58. The first-order valence-electron chi connectivity index (χ1n) is 21.9. The third kappa shape index (κ3) is 8.71. The Hall–Kier alpha value is -6.17. The van der Waals surface area contributed by atoms with Crippen LogP contribution in [0.25, 0.3) is 16.7 Å². The maximum atomic E-state index is 14.3. The third-order valence-electron chi connectivity index (χ3n) is 13.2. The number of ether oxygens (including phenoxy) is 2. The summed E-state index contributed by atoms with van der Waals surface area (Å²) in [5, 5.41) is 20.4. The van der Waals surface area contributed by atoms with E-state index in [0.717, 1.165) is 76.9 Å². The fourth-order valence-electron chi connectivity index (χ4n) is 9.91. The Morgan fingerprint density at radius 1 is 1.09 bits per heavy atom. The summed E-state index contributed by atoms with van der Waals surface area (Å²) in [4.78, 5) is 59.6. The molecule has 4 aromatic heterocycles. The van der Waals surface area contributed by atoms with Gasteiger partial charge in [0.2, 0.25) is 5.91 Å². The smallest absolute Gasteiger partial charge is 0.329 e. The number of carbonyl (C=O) groups is 3. The number of nitrogens with zero attached hydrogens (tertiary/aromatic N) is 9. The summed E-state index contributed by atoms with van der Waals surface area (Å²) in [5.41, 5.74) is 6.69. The normalized spacial score (nSPS) is 22.0. The first kappa shape index (κ1) is 43.1. The molecule has 18 nitrogen and oxygen atoms in total. The summed E-state index contributed by atoms with van der Waals surface area (Å²) in [5.74, 6) is 4.91. The Morgan fingerprint density at radius 3 is 2.59 bits per heavy atom. The lowest BCUT2D eigenvalue weighted by atomic mass is 9.85. The molecule has 5 aromatic rings. The molecule has 4 aliphatic rings. The second-order valence-corrected chi connectivity index (χ2v) is 17.3. The van der Waals surface area contributed by atoms with Gasteiger partial charge in [0.05, 0.1) is 59.4 Å². The highest BCUT2D eigenvalue weighted by Crippen LogP contribution is 2.36. The number of aliphatic carboxylic acids is 1. The molecular weight excluding hydrogens is 833 g/mol. The first-order chi connectivity index (χ1) is 30.9. The SMILES string of the molecule is Cn1c(=O)n(C(CCC(=O)O)C(N)=O)c2cccc(C#CCOC3CCN(C[C@H]4CC[C@H](n5cc(NC(=O)c6cnn7ccc(N8C[C@H]9C[C@@H]8CO9)nc67)c(C(F)F)n5)CC4)CC3)c21. The number of hydrogen-bond acceptors (Lipinski definition) is 11. The number of imidazole rings is 1. The van der Waals surface area contributed by atoms with Gasteiger partial charge in [0.1, 0.15) is 24.0 Å². The highest BCUT2D eigenvalue weighted by Gasteiger charge is 2.40. The Bertz CT molecular complexity index is 2680. The summed E-state index contributed by atoms with van der Waals surface area (Å²) in [6.45, 7) is 4.27. The van der Waals surface area contributed by atoms with Gasteiger partial charge in [-0.05, 0) is 75.5 Å². The molecule has 338 valence electrons. The molecule has 64 heavy (non-hydrogen) atoms. The quantitative estimate of drug-likeness (QED) is 0.136. The van der Waals surface area contributed by atoms with Crippen molar-refractivity contribution in [2.24, 2.45) is 18.7 Å². The molecule has 1 aromatic carbocycles. The number of para-hydroxylation sites is 1. The number of alkyl halides is 2. The van der Waals surface area contributed by atoms with E-state index in [9.17, 15) is 28.0 Å². The summed E-state index contributed by atoms with van der Waals surface area (Å²) in [6, 6.07) is 6.11. The van der Waals surface area contributed by atoms with E-state index in [0.29, 0.717) is 34.8 Å². The number of fused-ring (bicyclic) bond motifs is 4. The highest BCUT2D eigenvalue weighted by atomic mass is 19.3. The Labute approximate surface area is 366 Å². The van der Waals surface area contributed by atoms with Crippen LogP contribution >= 0.6 is 0 Å². The van der Waals surface area contributed by atoms with Crippen molar-refractivity contribution in [2.75, 3.05) is 49.6 Å². The molecule has 0 spiro atoms. The van der Waals surface area contributed by atoms with Gasteiger partial charge in [0.15, 0.2) is 11.3 Å². The van der Waals surface area contributed by atoms with E-state index in [2.05, 4.69) is 37.2 Å². The zero-order valence-corrected chi connectivity index (χ0v) is 35.4. The molecule has 4 N–H and O–H groups in total. The fraction of sp³-hybridized carbons (Fsp3) is 0.523. The van der Waals surface area contributed by atoms with E-state index in [-0.39, 0.29) is 55.0 Å². The van der Waals surface area contributed by atoms with Crippen molar-refractivity contribution >= 4 is 46.0 Å². The number of primary amides is 1. The number of benzene rings is 1. The maximum Gasteiger partial charge on any atom is 0.329 e. The average molecular weight is 884 g/mol. The lowest BCUT2D eigenvalue weighted by molar-refractivity contribution is -0.137. The Balaban J connectivity index is 0.750. The number of nitrogens with one attached hydrogen (secondary N) is 1. The molecule has 3 saturated heterocycles. The molecule has 2 amide bonds. The van der Waals surface area contributed by atoms with Crippen LogP contribution in [0.2, 0.25) is 0 Å². The van der Waals surface area contributed by atoms with Gasteiger partial charge in [-0.25, -0.2) is 23.1 Å². The lowest BCUT2D eigenvalue weighted by Gasteiger charge is -2.36. The number of amides is 2. The molecule has 1 unspecified atom stereocenters. The highest BCUT2D eigenvalue weighted by molar-refractivity contribution is 6.08. The molecule has 2 bridgehead atoms. The van der Waals surface area contributed by atoms with Crippen LogP contribution in [0.3, 0.4) is 0 Å². The van der Waals surface area contributed by atoms with E-state index in [4.69, 9.17) is 25.3 Å². The number of likely N-dealkylation sites (tertiary alicyclic amines) is 1. The molecule has 1 saturated carbocycles. The van der Waals surface area contributed by atoms with E-state index >= 15 is 0 Å². The lowest BCUT2D eigenvalue weighted by Crippen LogP contribution is -2.40. The monoisotopic (exact) mass is 883 g/mol. The van der Waals surface area contributed by atoms with Gasteiger partial charge in [-0.3, -0.25) is 28.2 Å². The minimum atomic E-state index is -2.87. The van der Waals surface area contributed by atoms with Crippen molar-refractivity contribution in [1.29, 1.82) is 0 Å². The zero-order chi connectivity index (χ0) is 44.6. The maximum absolute atomic E-state index is 14.3. The van der Waals surface area contributed by atoms with Gasteiger partial charge in [-0.1, -0.05) is 17.9 Å². The molecule has 4 fully saturated rings. The van der Waals surface area contributed by atoms with Crippen LogP contribution in [0.15, 0.2) is 47.7 Å². The van der Waals surface area contributed by atoms with E-state index < -0.39 is 41.6 Å². The number of piperidine rings is 1. The molecule has 20 heteroatoms. The van der Waals surface area contributed by atoms with Crippen molar-refractivity contribution in [3.05, 3.63) is 70.2 Å². The predicted octanol–water partition coefficient (Wildman–Crippen LogP) is 3.90. The number of carbonyl (C=O) groups excluding carboxylic acids is 2. The number of rotatable bonds is 14. The number of carboxylic acid groups (broad SMARTS) is 1. The molecule has 9 rings (SSSR count). The van der Waals surface area contributed by atoms with Crippen LogP contribution in [-0.2, 0) is 26.1 Å². The predicted molar refractivity (Wildman–Crippen MR) is 229 cm³/mol. The number of aryl methyl sites for hydroxylation is 1. The van der Waals surface area contributed by atoms with E-state index in [1.807, 2.05) is 6.07 Å². The Kier molecular flexibility index (Phi) is 12.2. The van der Waals surface area contributed by atoms with Crippen molar-refractivity contribution in [3.63, 3.8) is 0 Å². The largest absolute Gasteiger partial charge is 0.481 e. The second-order valence-electron chi connectivity index (χ2n) is 17.3. The standard InChI is InChI=1S/C44H51F2N11O7/c1-52-39-27(4-2-6-34(39)57(44(52)62)35(41(47)60)11-12-37(58)59)5-3-19-63-30-13-16-53(17-14-30)22-26-7-9-28(10-8-26)56-24-33(38(51-56)40(45)46)49-43(61)32-21-48-55-18-15-36(50-42(32)55)54-23-31-20-29(54)25-64-31/h2,4,6,15,18,21,24,26,28-31,35,40H,7-14,16-17,19-20,22-23,25H2,1H3,(H2,47,60)(H,49,61)(H,58,59)/t26-,28-,29-,31-,35?/m1/s1. The number of nitrogens with two attached hydrogens (primary N) is 1. The van der Waals surface area contributed by atoms with Crippen molar-refractivity contribution in [3.8, 4) is 11.8 Å². The number of carboxylic acids is 1. The van der Waals surface area contributed by atoms with Crippen LogP contribution in [-0.4, -0.2) is 119 Å². The van der Waals surface area contributed by atoms with Gasteiger partial charge in [-0.2, -0.15) is 10.2 Å². The minimum Gasteiger partial charge on any atom is -0.481 e. The minimum absolute atomic E-state index is 0.0202. The summed E-state index contributed by atoms with van der Waals surface area (Å²) >= 11 is 0. The third-order valence-corrected chi connectivity index (χ3v) is 13.2. The number of halogens is 2. The molecule has 1 aliphatic carbocycles. The first-order valence-corrected chi connectivity index (χ1v) is 21.9. The molecular formula is C44H51F2N11O7. The van der Waals surface area contributed by atoms with Crippen LogP contribution in [0.5, 0.6) is 0 Å². The molecule has 7 heterocycles. The van der Waals surface area contributed by atoms with Gasteiger partial charge >= 0.3 is 11.7 Å². The fourth-order valence-corrected chi connectivity index (χ4v) is 9.91. The van der Waals surface area contributed by atoms with Crippen molar-refractivity contribution < 1.29 is 37.7 Å².